The number of carbonyl (C=O) groups excluding carboxylic acids is 1. The molecule has 0 aliphatic carbocycles. The van der Waals surface area contributed by atoms with Gasteiger partial charge in [-0.3, -0.25) is 4.79 Å². The zero-order chi connectivity index (χ0) is 15.5. The molecule has 1 amide bonds. The summed E-state index contributed by atoms with van der Waals surface area (Å²) in [5.74, 6) is -0.0138. The lowest BCUT2D eigenvalue weighted by molar-refractivity contribution is -0.174. The smallest absolute Gasteiger partial charge is 0.372 e. The topological polar surface area (TPSA) is 64.3 Å². The Labute approximate surface area is 120 Å². The molecule has 116 valence electrons. The number of fused-ring (bicyclic) bond motifs is 1. The Morgan fingerprint density at radius 1 is 1.33 bits per heavy atom. The minimum absolute atomic E-state index is 0.0138. The van der Waals surface area contributed by atoms with Gasteiger partial charge in [0.1, 0.15) is 6.61 Å². The fraction of sp³-hybridized carbons (Fsp3) is 0.500. The second-order valence-corrected chi connectivity index (χ2v) is 5.03. The molecule has 1 aliphatic rings. The van der Waals surface area contributed by atoms with E-state index in [0.717, 1.165) is 16.8 Å². The largest absolute Gasteiger partial charge is 0.411 e. The minimum atomic E-state index is -4.31. The van der Waals surface area contributed by atoms with Crippen LogP contribution in [0, 0.1) is 0 Å². The van der Waals surface area contributed by atoms with Crippen molar-refractivity contribution in [2.75, 3.05) is 18.5 Å². The van der Waals surface area contributed by atoms with Crippen molar-refractivity contribution >= 4 is 11.6 Å². The first-order valence-corrected chi connectivity index (χ1v) is 6.68. The van der Waals surface area contributed by atoms with E-state index in [2.05, 4.69) is 10.1 Å². The maximum Gasteiger partial charge on any atom is 0.411 e. The Morgan fingerprint density at radius 3 is 2.81 bits per heavy atom. The van der Waals surface area contributed by atoms with Gasteiger partial charge in [0.05, 0.1) is 0 Å². The fourth-order valence-corrected chi connectivity index (χ4v) is 2.20. The number of amides is 1. The zero-order valence-electron chi connectivity index (χ0n) is 11.4. The molecule has 21 heavy (non-hydrogen) atoms. The molecule has 1 aromatic carbocycles. The van der Waals surface area contributed by atoms with Crippen LogP contribution in [0.3, 0.4) is 0 Å². The highest BCUT2D eigenvalue weighted by Crippen LogP contribution is 2.26. The number of benzene rings is 1. The van der Waals surface area contributed by atoms with Crippen LogP contribution >= 0.6 is 0 Å². The third-order valence-electron chi connectivity index (χ3n) is 3.29. The van der Waals surface area contributed by atoms with Crippen LogP contribution in [-0.2, 0) is 16.0 Å². The predicted octanol–water partition coefficient (Wildman–Crippen LogP) is 2.54. The number of ether oxygens (including phenoxy) is 1. The number of hydrogen-bond acceptors (Lipinski definition) is 3. The van der Waals surface area contributed by atoms with E-state index in [0.29, 0.717) is 19.3 Å². The number of aryl methyl sites for hydroxylation is 1. The van der Waals surface area contributed by atoms with Crippen LogP contribution in [0.2, 0.25) is 0 Å². The van der Waals surface area contributed by atoms with Gasteiger partial charge in [-0.05, 0) is 30.0 Å². The average molecular weight is 302 g/mol. The normalized spacial score (nSPS) is 16.3. The van der Waals surface area contributed by atoms with E-state index in [1.54, 1.807) is 12.1 Å². The third-order valence-corrected chi connectivity index (χ3v) is 3.29. The lowest BCUT2D eigenvalue weighted by atomic mass is 9.96. The zero-order valence-corrected chi connectivity index (χ0v) is 11.4. The van der Waals surface area contributed by atoms with Gasteiger partial charge in [-0.15, -0.1) is 0 Å². The van der Waals surface area contributed by atoms with E-state index in [4.69, 9.17) is 5.73 Å². The van der Waals surface area contributed by atoms with Crippen LogP contribution < -0.4 is 11.1 Å². The molecule has 3 N–H and O–H groups in total. The fourth-order valence-electron chi connectivity index (χ4n) is 2.20. The maximum atomic E-state index is 11.9. The number of rotatable bonds is 5. The first-order chi connectivity index (χ1) is 9.85. The summed E-state index contributed by atoms with van der Waals surface area (Å²) in [6.07, 6.45) is -2.93. The van der Waals surface area contributed by atoms with Gasteiger partial charge in [0, 0.05) is 24.8 Å². The SMILES string of the molecule is NC(CCOCC(F)(F)F)c1ccc2c(c1)CCC(=O)N2. The monoisotopic (exact) mass is 302 g/mol. The van der Waals surface area contributed by atoms with E-state index in [9.17, 15) is 18.0 Å². The summed E-state index contributed by atoms with van der Waals surface area (Å²) in [6, 6.07) is 5.06. The Balaban J connectivity index is 1.88. The van der Waals surface area contributed by atoms with Crippen LogP contribution in [0.15, 0.2) is 18.2 Å². The molecule has 0 bridgehead atoms. The molecule has 1 heterocycles. The number of halogens is 3. The van der Waals surface area contributed by atoms with Crippen LogP contribution in [0.25, 0.3) is 0 Å². The van der Waals surface area contributed by atoms with Gasteiger partial charge in [0.15, 0.2) is 0 Å². The Hall–Kier alpha value is -1.60. The molecule has 1 atom stereocenters. The van der Waals surface area contributed by atoms with Gasteiger partial charge in [-0.1, -0.05) is 12.1 Å². The van der Waals surface area contributed by atoms with Crippen molar-refractivity contribution in [3.05, 3.63) is 29.3 Å². The van der Waals surface area contributed by atoms with Crippen LogP contribution in [0.1, 0.15) is 30.0 Å². The second kappa shape index (κ2) is 6.44. The molecule has 0 aromatic heterocycles. The second-order valence-electron chi connectivity index (χ2n) is 5.03. The summed E-state index contributed by atoms with van der Waals surface area (Å²) in [4.78, 5) is 11.3. The van der Waals surface area contributed by atoms with E-state index in [1.807, 2.05) is 6.07 Å². The minimum Gasteiger partial charge on any atom is -0.372 e. The highest BCUT2D eigenvalue weighted by atomic mass is 19.4. The number of alkyl halides is 3. The van der Waals surface area contributed by atoms with Gasteiger partial charge in [-0.25, -0.2) is 0 Å². The van der Waals surface area contributed by atoms with Crippen molar-refractivity contribution in [2.45, 2.75) is 31.5 Å². The Kier molecular flexibility index (Phi) is 4.84. The standard InChI is InChI=1S/C14H17F3N2O2/c15-14(16,17)8-21-6-5-11(18)9-1-3-12-10(7-9)2-4-13(20)19-12/h1,3,7,11H,2,4-6,8,18H2,(H,19,20). The van der Waals surface area contributed by atoms with Gasteiger partial charge in [0.2, 0.25) is 5.91 Å². The molecule has 0 saturated heterocycles. The number of anilines is 1. The van der Waals surface area contributed by atoms with E-state index >= 15 is 0 Å². The first kappa shape index (κ1) is 15.8. The van der Waals surface area contributed by atoms with E-state index in [1.165, 1.54) is 0 Å². The molecule has 2 rings (SSSR count). The summed E-state index contributed by atoms with van der Waals surface area (Å²) < 4.78 is 40.4. The van der Waals surface area contributed by atoms with Crippen LogP contribution in [-0.4, -0.2) is 25.3 Å². The van der Waals surface area contributed by atoms with Crippen LogP contribution in [0.5, 0.6) is 0 Å². The van der Waals surface area contributed by atoms with Crippen molar-refractivity contribution in [2.24, 2.45) is 5.73 Å². The van der Waals surface area contributed by atoms with Gasteiger partial charge in [0.25, 0.3) is 0 Å². The number of nitrogens with two attached hydrogens (primary N) is 1. The highest BCUT2D eigenvalue weighted by Gasteiger charge is 2.27. The Morgan fingerprint density at radius 2 is 2.10 bits per heavy atom. The summed E-state index contributed by atoms with van der Waals surface area (Å²) in [7, 11) is 0. The maximum absolute atomic E-state index is 11.9. The molecule has 1 aliphatic heterocycles. The van der Waals surface area contributed by atoms with Crippen molar-refractivity contribution in [3.8, 4) is 0 Å². The molecule has 0 radical (unpaired) electrons. The summed E-state index contributed by atoms with van der Waals surface area (Å²) in [5.41, 5.74) is 8.56. The van der Waals surface area contributed by atoms with Gasteiger partial charge < -0.3 is 15.8 Å². The summed E-state index contributed by atoms with van der Waals surface area (Å²) in [5, 5.41) is 2.77. The van der Waals surface area contributed by atoms with E-state index < -0.39 is 12.8 Å². The molecular formula is C14H17F3N2O2. The molecule has 0 saturated carbocycles. The highest BCUT2D eigenvalue weighted by molar-refractivity contribution is 5.93. The number of nitrogens with one attached hydrogen (secondary N) is 1. The summed E-state index contributed by atoms with van der Waals surface area (Å²) in [6.45, 7) is -1.30. The third kappa shape index (κ3) is 4.71. The van der Waals surface area contributed by atoms with Crippen molar-refractivity contribution in [3.63, 3.8) is 0 Å². The lowest BCUT2D eigenvalue weighted by Gasteiger charge is -2.20. The first-order valence-electron chi connectivity index (χ1n) is 6.68. The molecule has 1 aromatic rings. The van der Waals surface area contributed by atoms with Gasteiger partial charge >= 0.3 is 6.18 Å². The molecule has 0 fully saturated rings. The molecule has 0 spiro atoms. The van der Waals surface area contributed by atoms with E-state index in [-0.39, 0.29) is 18.6 Å². The number of carbonyl (C=O) groups is 1. The molecule has 1 unspecified atom stereocenters. The van der Waals surface area contributed by atoms with Crippen molar-refractivity contribution in [1.29, 1.82) is 0 Å². The summed E-state index contributed by atoms with van der Waals surface area (Å²) >= 11 is 0. The number of hydrogen-bond donors (Lipinski definition) is 2. The van der Waals surface area contributed by atoms with Gasteiger partial charge in [-0.2, -0.15) is 13.2 Å². The molecular weight excluding hydrogens is 285 g/mol. The Bertz CT molecular complexity index is 517. The van der Waals surface area contributed by atoms with Crippen molar-refractivity contribution in [1.82, 2.24) is 0 Å². The lowest BCUT2D eigenvalue weighted by Crippen LogP contribution is -2.21. The molecule has 4 nitrogen and oxygen atoms in total. The molecule has 7 heteroatoms. The van der Waals surface area contributed by atoms with Crippen molar-refractivity contribution < 1.29 is 22.7 Å². The van der Waals surface area contributed by atoms with Crippen LogP contribution in [0.4, 0.5) is 18.9 Å². The quantitative estimate of drug-likeness (QED) is 0.822. The average Bonchev–Trinajstić information content (AvgIpc) is 2.41. The predicted molar refractivity (Wildman–Crippen MR) is 71.8 cm³/mol.